The van der Waals surface area contributed by atoms with Crippen LogP contribution in [0.2, 0.25) is 0 Å². The van der Waals surface area contributed by atoms with Gasteiger partial charge in [0.25, 0.3) is 0 Å². The fourth-order valence-corrected chi connectivity index (χ4v) is 4.59. The first-order valence-corrected chi connectivity index (χ1v) is 6.52. The van der Waals surface area contributed by atoms with Crippen LogP contribution < -0.4 is 0 Å². The fourth-order valence-electron chi connectivity index (χ4n) is 1.64. The van der Waals surface area contributed by atoms with E-state index in [0.29, 0.717) is 0 Å². The van der Waals surface area contributed by atoms with Crippen molar-refractivity contribution in [3.8, 4) is 0 Å². The number of aryl methyl sites for hydroxylation is 2. The molecular weight excluding hydrogens is 204 g/mol. The molecule has 0 N–H and O–H groups in total. The van der Waals surface area contributed by atoms with Gasteiger partial charge in [0.2, 0.25) is 0 Å². The minimum Gasteiger partial charge on any atom is -0.118 e. The Morgan fingerprint density at radius 2 is 1.33 bits per heavy atom. The van der Waals surface area contributed by atoms with Crippen LogP contribution in [0.15, 0.2) is 0 Å². The topological polar surface area (TPSA) is 0 Å². The van der Waals surface area contributed by atoms with E-state index in [4.69, 9.17) is 12.2 Å². The van der Waals surface area contributed by atoms with Gasteiger partial charge in [-0.15, -0.1) is 22.7 Å². The van der Waals surface area contributed by atoms with Crippen LogP contribution in [0.4, 0.5) is 0 Å². The van der Waals surface area contributed by atoms with Crippen LogP contribution in [-0.4, -0.2) is 0 Å². The van der Waals surface area contributed by atoms with Gasteiger partial charge in [-0.05, 0) is 25.7 Å². The Balaban J connectivity index is 2.29. The van der Waals surface area contributed by atoms with Crippen molar-refractivity contribution in [1.29, 1.82) is 0 Å². The fraction of sp³-hybridized carbons (Fsp3) is 0.667. The molecule has 1 aromatic heterocycles. The summed E-state index contributed by atoms with van der Waals surface area (Å²) >= 11 is 8.90. The third-order valence-corrected chi connectivity index (χ3v) is 5.14. The lowest BCUT2D eigenvalue weighted by Gasteiger charge is -2.06. The largest absolute Gasteiger partial charge is 0.144 e. The van der Waals surface area contributed by atoms with Gasteiger partial charge in [-0.2, -0.15) is 0 Å². The van der Waals surface area contributed by atoms with E-state index in [1.807, 2.05) is 22.7 Å². The van der Waals surface area contributed by atoms with E-state index in [-0.39, 0.29) is 0 Å². The van der Waals surface area contributed by atoms with Crippen molar-refractivity contribution in [2.24, 2.45) is 0 Å². The van der Waals surface area contributed by atoms with Crippen molar-refractivity contribution in [2.45, 2.75) is 38.5 Å². The molecule has 0 saturated heterocycles. The quantitative estimate of drug-likeness (QED) is 0.586. The Hall–Kier alpha value is 0.270. The van der Waals surface area contributed by atoms with Gasteiger partial charge < -0.3 is 0 Å². The van der Waals surface area contributed by atoms with Gasteiger partial charge in [0.1, 0.15) is 3.14 Å². The SMILES string of the molecule is S=c1sc2c(s1)CCCCCC2. The standard InChI is InChI=1S/C9H12S3/c10-9-11-7-5-3-1-2-4-6-8(7)12-9/h1-6H2. The molecular formula is C9H12S3. The van der Waals surface area contributed by atoms with E-state index in [2.05, 4.69) is 0 Å². The molecule has 0 aliphatic heterocycles. The molecule has 3 heteroatoms. The molecule has 0 aromatic carbocycles. The lowest BCUT2D eigenvalue weighted by molar-refractivity contribution is 0.626. The molecule has 0 amide bonds. The first-order valence-electron chi connectivity index (χ1n) is 4.48. The first-order chi connectivity index (χ1) is 5.86. The lowest BCUT2D eigenvalue weighted by atomic mass is 10.0. The highest BCUT2D eigenvalue weighted by atomic mass is 32.2. The molecule has 0 atom stereocenters. The lowest BCUT2D eigenvalue weighted by Crippen LogP contribution is -1.93. The highest BCUT2D eigenvalue weighted by Crippen LogP contribution is 2.30. The van der Waals surface area contributed by atoms with Gasteiger partial charge in [-0.3, -0.25) is 0 Å². The summed E-state index contributed by atoms with van der Waals surface area (Å²) in [5, 5.41) is 0. The van der Waals surface area contributed by atoms with Gasteiger partial charge in [-0.25, -0.2) is 0 Å². The third-order valence-electron chi connectivity index (χ3n) is 2.28. The van der Waals surface area contributed by atoms with Crippen molar-refractivity contribution < 1.29 is 0 Å². The normalized spacial score (nSPS) is 18.0. The second-order valence-corrected chi connectivity index (χ2v) is 6.61. The second-order valence-electron chi connectivity index (χ2n) is 3.21. The molecule has 1 heterocycles. The maximum atomic E-state index is 5.21. The molecule has 1 aliphatic carbocycles. The van der Waals surface area contributed by atoms with Gasteiger partial charge in [-0.1, -0.05) is 25.1 Å². The molecule has 0 nitrogen and oxygen atoms in total. The summed E-state index contributed by atoms with van der Waals surface area (Å²) in [5.41, 5.74) is 0. The van der Waals surface area contributed by atoms with E-state index >= 15 is 0 Å². The maximum absolute atomic E-state index is 5.21. The summed E-state index contributed by atoms with van der Waals surface area (Å²) in [4.78, 5) is 3.18. The van der Waals surface area contributed by atoms with Crippen LogP contribution in [0.5, 0.6) is 0 Å². The van der Waals surface area contributed by atoms with E-state index < -0.39 is 0 Å². The molecule has 0 fully saturated rings. The smallest absolute Gasteiger partial charge is 0.118 e. The molecule has 0 bridgehead atoms. The molecule has 66 valence electrons. The van der Waals surface area contributed by atoms with E-state index in [0.717, 1.165) is 3.14 Å². The van der Waals surface area contributed by atoms with Crippen molar-refractivity contribution in [2.75, 3.05) is 0 Å². The Kier molecular flexibility index (Phi) is 2.94. The summed E-state index contributed by atoms with van der Waals surface area (Å²) in [6, 6.07) is 0. The van der Waals surface area contributed by atoms with Gasteiger partial charge in [0.15, 0.2) is 0 Å². The van der Waals surface area contributed by atoms with Crippen molar-refractivity contribution in [3.63, 3.8) is 0 Å². The predicted molar refractivity (Wildman–Crippen MR) is 58.9 cm³/mol. The molecule has 12 heavy (non-hydrogen) atoms. The average molecular weight is 216 g/mol. The zero-order valence-electron chi connectivity index (χ0n) is 6.97. The Morgan fingerprint density at radius 3 is 1.83 bits per heavy atom. The summed E-state index contributed by atoms with van der Waals surface area (Å²) in [6.45, 7) is 0. The van der Waals surface area contributed by atoms with Gasteiger partial charge >= 0.3 is 0 Å². The highest BCUT2D eigenvalue weighted by Gasteiger charge is 2.09. The number of hydrogen-bond donors (Lipinski definition) is 0. The number of rotatable bonds is 0. The molecule has 0 unspecified atom stereocenters. The molecule has 2 rings (SSSR count). The minimum absolute atomic E-state index is 1.13. The molecule has 0 saturated carbocycles. The zero-order chi connectivity index (χ0) is 8.39. The third kappa shape index (κ3) is 1.95. The van der Waals surface area contributed by atoms with Crippen LogP contribution >= 0.6 is 34.9 Å². The maximum Gasteiger partial charge on any atom is 0.144 e. The van der Waals surface area contributed by atoms with Crippen LogP contribution in [0.25, 0.3) is 0 Å². The van der Waals surface area contributed by atoms with Crippen molar-refractivity contribution in [1.82, 2.24) is 0 Å². The molecule has 0 spiro atoms. The Morgan fingerprint density at radius 1 is 0.833 bits per heavy atom. The zero-order valence-corrected chi connectivity index (χ0v) is 9.42. The Labute approximate surface area is 86.3 Å². The molecule has 1 aromatic rings. The average Bonchev–Trinajstić information content (AvgIpc) is 2.32. The second kappa shape index (κ2) is 3.99. The Bertz CT molecular complexity index is 279. The predicted octanol–water partition coefficient (Wildman–Crippen LogP) is 4.20. The van der Waals surface area contributed by atoms with Crippen LogP contribution in [0, 0.1) is 3.14 Å². The first kappa shape index (κ1) is 8.85. The van der Waals surface area contributed by atoms with E-state index in [1.54, 1.807) is 9.75 Å². The summed E-state index contributed by atoms with van der Waals surface area (Å²) in [5.74, 6) is 0. The van der Waals surface area contributed by atoms with E-state index in [9.17, 15) is 0 Å². The summed E-state index contributed by atoms with van der Waals surface area (Å²) < 4.78 is 1.13. The van der Waals surface area contributed by atoms with E-state index in [1.165, 1.54) is 38.5 Å². The number of fused-ring (bicyclic) bond motifs is 1. The summed E-state index contributed by atoms with van der Waals surface area (Å²) in [6.07, 6.45) is 8.13. The van der Waals surface area contributed by atoms with Gasteiger partial charge in [0, 0.05) is 9.75 Å². The van der Waals surface area contributed by atoms with Gasteiger partial charge in [0.05, 0.1) is 0 Å². The monoisotopic (exact) mass is 216 g/mol. The molecule has 1 aliphatic rings. The highest BCUT2D eigenvalue weighted by molar-refractivity contribution is 7.76. The van der Waals surface area contributed by atoms with Crippen LogP contribution in [-0.2, 0) is 12.8 Å². The van der Waals surface area contributed by atoms with Crippen LogP contribution in [0.3, 0.4) is 0 Å². The van der Waals surface area contributed by atoms with Crippen molar-refractivity contribution >= 4 is 34.9 Å². The molecule has 0 radical (unpaired) electrons. The summed E-state index contributed by atoms with van der Waals surface area (Å²) in [7, 11) is 0. The van der Waals surface area contributed by atoms with Crippen LogP contribution in [0.1, 0.15) is 35.4 Å². The minimum atomic E-state index is 1.13. The number of hydrogen-bond acceptors (Lipinski definition) is 3. The van der Waals surface area contributed by atoms with Crippen molar-refractivity contribution in [3.05, 3.63) is 12.9 Å².